The number of urea groups is 1. The van der Waals surface area contributed by atoms with Gasteiger partial charge in [0.2, 0.25) is 5.91 Å². The molecule has 57 heavy (non-hydrogen) atoms. The summed E-state index contributed by atoms with van der Waals surface area (Å²) in [4.78, 5) is 51.8. The molecule has 2 aliphatic heterocycles. The van der Waals surface area contributed by atoms with Crippen LogP contribution in [0.4, 0.5) is 35.0 Å². The normalized spacial score (nSPS) is 19.5. The molecule has 298 valence electrons. The lowest BCUT2D eigenvalue weighted by molar-refractivity contribution is -0.141. The molecule has 0 bridgehead atoms. The number of anilines is 3. The number of nitrogens with zero attached hydrogens (tertiary/aromatic N) is 7. The number of hydrogen-bond acceptors (Lipinski definition) is 10. The molecule has 1 saturated carbocycles. The molecule has 0 atom stereocenters. The number of rotatable bonds is 9. The summed E-state index contributed by atoms with van der Waals surface area (Å²) in [6.07, 6.45) is 5.01. The molecule has 0 unspecified atom stereocenters. The molecular formula is C40H42F3N9O5. The molecule has 4 amide bonds. The lowest BCUT2D eigenvalue weighted by Crippen LogP contribution is -2.49. The van der Waals surface area contributed by atoms with Gasteiger partial charge >= 0.3 is 12.2 Å². The van der Waals surface area contributed by atoms with Crippen LogP contribution in [-0.2, 0) is 11.0 Å². The number of carbonyl (C=O) groups is 3. The predicted molar refractivity (Wildman–Crippen MR) is 207 cm³/mol. The second-order valence-electron chi connectivity index (χ2n) is 14.7. The molecule has 3 fully saturated rings. The topological polar surface area (TPSA) is 147 Å². The minimum Gasteiger partial charge on any atom is -0.495 e. The van der Waals surface area contributed by atoms with Gasteiger partial charge in [-0.15, -0.1) is 0 Å². The number of ether oxygens (including phenoxy) is 2. The van der Waals surface area contributed by atoms with Gasteiger partial charge in [0, 0.05) is 80.3 Å². The van der Waals surface area contributed by atoms with Gasteiger partial charge in [-0.05, 0) is 61.9 Å². The minimum absolute atomic E-state index is 0.206. The van der Waals surface area contributed by atoms with E-state index in [9.17, 15) is 27.6 Å². The van der Waals surface area contributed by atoms with E-state index in [0.717, 1.165) is 98.1 Å². The van der Waals surface area contributed by atoms with Crippen LogP contribution in [0, 0.1) is 5.92 Å². The molecule has 14 nitrogen and oxygen atoms in total. The number of amides is 4. The van der Waals surface area contributed by atoms with E-state index in [1.165, 1.54) is 13.2 Å². The third kappa shape index (κ3) is 7.75. The maximum Gasteiger partial charge on any atom is 0.433 e. The number of piperazine rings is 1. The largest absolute Gasteiger partial charge is 0.495 e. The Balaban J connectivity index is 0.885. The van der Waals surface area contributed by atoms with E-state index in [1.54, 1.807) is 30.3 Å². The molecule has 17 heteroatoms. The van der Waals surface area contributed by atoms with Crippen LogP contribution in [0.2, 0.25) is 0 Å². The first kappa shape index (κ1) is 37.9. The van der Waals surface area contributed by atoms with Gasteiger partial charge in [-0.3, -0.25) is 34.4 Å². The molecule has 2 N–H and O–H groups in total. The van der Waals surface area contributed by atoms with E-state index < -0.39 is 23.8 Å². The zero-order valence-corrected chi connectivity index (χ0v) is 31.5. The lowest BCUT2D eigenvalue weighted by atomic mass is 9.85. The van der Waals surface area contributed by atoms with Crippen LogP contribution >= 0.6 is 0 Å². The Kier molecular flexibility index (Phi) is 10.3. The number of carbonyl (C=O) groups excluding carboxylic acids is 3. The van der Waals surface area contributed by atoms with E-state index in [2.05, 4.69) is 30.4 Å². The van der Waals surface area contributed by atoms with Gasteiger partial charge in [-0.25, -0.2) is 9.78 Å². The highest BCUT2D eigenvalue weighted by molar-refractivity contribution is 6.12. The first-order valence-electron chi connectivity index (χ1n) is 18.9. The van der Waals surface area contributed by atoms with E-state index >= 15 is 0 Å². The predicted octanol–water partition coefficient (Wildman–Crippen LogP) is 6.27. The number of alkyl halides is 3. The minimum atomic E-state index is -4.67. The Bertz CT molecular complexity index is 2340. The summed E-state index contributed by atoms with van der Waals surface area (Å²) >= 11 is 0. The summed E-state index contributed by atoms with van der Waals surface area (Å²) in [6, 6.07) is 10.3. The van der Waals surface area contributed by atoms with E-state index in [-0.39, 0.29) is 24.1 Å². The van der Waals surface area contributed by atoms with Crippen molar-refractivity contribution >= 4 is 56.6 Å². The summed E-state index contributed by atoms with van der Waals surface area (Å²) in [7, 11) is 3.11. The van der Waals surface area contributed by atoms with Crippen molar-refractivity contribution in [2.24, 2.45) is 5.92 Å². The number of imide groups is 1. The third-order valence-electron chi connectivity index (χ3n) is 11.2. The number of benzene rings is 2. The highest BCUT2D eigenvalue weighted by atomic mass is 19.4. The Morgan fingerprint density at radius 2 is 1.70 bits per heavy atom. The smallest absolute Gasteiger partial charge is 0.433 e. The Labute approximate surface area is 325 Å². The van der Waals surface area contributed by atoms with Gasteiger partial charge in [0.05, 0.1) is 49.0 Å². The zero-order valence-electron chi connectivity index (χ0n) is 31.5. The molecule has 0 spiro atoms. The first-order chi connectivity index (χ1) is 27.5. The molecule has 5 heterocycles. The number of methoxy groups -OCH3 is 2. The third-order valence-corrected chi connectivity index (χ3v) is 11.2. The number of hydrogen-bond donors (Lipinski definition) is 2. The summed E-state index contributed by atoms with van der Waals surface area (Å²) < 4.78 is 52.8. The maximum atomic E-state index is 13.2. The monoisotopic (exact) mass is 785 g/mol. The van der Waals surface area contributed by atoms with Crippen molar-refractivity contribution < 1.29 is 37.0 Å². The van der Waals surface area contributed by atoms with Crippen LogP contribution in [0.3, 0.4) is 0 Å². The van der Waals surface area contributed by atoms with Crippen LogP contribution < -0.4 is 29.9 Å². The van der Waals surface area contributed by atoms with E-state index in [0.29, 0.717) is 35.1 Å². The molecule has 5 aromatic rings. The van der Waals surface area contributed by atoms with Gasteiger partial charge in [-0.2, -0.15) is 18.3 Å². The van der Waals surface area contributed by atoms with Crippen molar-refractivity contribution in [3.8, 4) is 11.5 Å². The van der Waals surface area contributed by atoms with Gasteiger partial charge in [0.25, 0.3) is 5.91 Å². The lowest BCUT2D eigenvalue weighted by Gasteiger charge is -2.39. The Morgan fingerprint density at radius 1 is 0.930 bits per heavy atom. The number of nitrogens with one attached hydrogen (secondary N) is 2. The molecular weight excluding hydrogens is 743 g/mol. The number of aromatic nitrogens is 4. The second kappa shape index (κ2) is 15.5. The SMILES string of the molecule is COc1cc2nn([C@H]3CC[C@H](CN4CCN(c5c(OC)ccc6c(N7CCC(=O)NC7=O)cncc56)CC4)CC3)cc2cc1NC(=O)c1cccc(C(F)(F)F)n1. The fraction of sp³-hybridized carbons (Fsp3) is 0.400. The molecule has 1 aliphatic carbocycles. The fourth-order valence-electron chi connectivity index (χ4n) is 8.24. The van der Waals surface area contributed by atoms with Crippen LogP contribution in [0.25, 0.3) is 21.7 Å². The summed E-state index contributed by atoms with van der Waals surface area (Å²) in [5.41, 5.74) is 1.10. The molecule has 2 saturated heterocycles. The van der Waals surface area contributed by atoms with E-state index in [4.69, 9.17) is 14.6 Å². The molecule has 3 aromatic heterocycles. The van der Waals surface area contributed by atoms with Crippen molar-refractivity contribution in [1.82, 2.24) is 30.0 Å². The van der Waals surface area contributed by atoms with Gasteiger partial charge in [0.15, 0.2) is 0 Å². The molecule has 3 aliphatic rings. The van der Waals surface area contributed by atoms with Crippen LogP contribution in [0.5, 0.6) is 11.5 Å². The van der Waals surface area contributed by atoms with Crippen molar-refractivity contribution in [2.45, 2.75) is 44.3 Å². The zero-order chi connectivity index (χ0) is 39.8. The van der Waals surface area contributed by atoms with Crippen LogP contribution in [0.15, 0.2) is 61.1 Å². The average Bonchev–Trinajstić information content (AvgIpc) is 3.63. The Morgan fingerprint density at radius 3 is 2.42 bits per heavy atom. The Hall–Kier alpha value is -5.97. The van der Waals surface area contributed by atoms with Gasteiger partial charge in [0.1, 0.15) is 22.9 Å². The summed E-state index contributed by atoms with van der Waals surface area (Å²) in [5, 5.41) is 12.4. The van der Waals surface area contributed by atoms with Crippen molar-refractivity contribution in [1.29, 1.82) is 0 Å². The molecule has 2 aromatic carbocycles. The highest BCUT2D eigenvalue weighted by Gasteiger charge is 2.33. The number of pyridine rings is 2. The second-order valence-corrected chi connectivity index (χ2v) is 14.7. The van der Waals surface area contributed by atoms with Crippen LogP contribution in [-0.4, -0.2) is 96.0 Å². The standard InChI is InChI=1S/C40H42F3N9O5/c1-56-33-11-10-27-28(20-44-21-32(27)51-13-12-36(53)47-39(51)55)37(33)50-16-14-49(15-17-50)22-24-6-8-26(9-7-24)52-23-25-18-31(34(57-2)19-30(25)48-52)46-38(54)29-4-3-5-35(45-29)40(41,42)43/h3-5,10-11,18-21,23-24,26H,6-9,12-17,22H2,1-2H3,(H,46,54)(H,47,53,55)/t24-,26-. The van der Waals surface area contributed by atoms with Gasteiger partial charge < -0.3 is 19.7 Å². The highest BCUT2D eigenvalue weighted by Crippen LogP contribution is 2.41. The van der Waals surface area contributed by atoms with Crippen LogP contribution in [0.1, 0.15) is 54.3 Å². The van der Waals surface area contributed by atoms with Gasteiger partial charge in [-0.1, -0.05) is 6.07 Å². The van der Waals surface area contributed by atoms with Crippen molar-refractivity contribution in [3.63, 3.8) is 0 Å². The fourth-order valence-corrected chi connectivity index (χ4v) is 8.24. The molecule has 8 rings (SSSR count). The van der Waals surface area contributed by atoms with E-state index in [1.807, 2.05) is 29.2 Å². The molecule has 0 radical (unpaired) electrons. The maximum absolute atomic E-state index is 13.2. The summed E-state index contributed by atoms with van der Waals surface area (Å²) in [5.74, 6) is 0.557. The van der Waals surface area contributed by atoms with Crippen molar-refractivity contribution in [3.05, 3.63) is 72.4 Å². The quantitative estimate of drug-likeness (QED) is 0.175. The first-order valence-corrected chi connectivity index (χ1v) is 18.9. The summed E-state index contributed by atoms with van der Waals surface area (Å²) in [6.45, 7) is 4.67. The number of fused-ring (bicyclic) bond motifs is 2. The number of halogens is 3. The average molecular weight is 786 g/mol. The van der Waals surface area contributed by atoms with Crippen molar-refractivity contribution in [2.75, 3.05) is 68.6 Å².